The smallest absolute Gasteiger partial charge is 0.143 e. The normalized spacial score (nSPS) is 11.7. The Balaban J connectivity index is 0.000000137. The molecule has 0 aliphatic heterocycles. The second-order valence-electron chi connectivity index (χ2n) is 24.5. The van der Waals surface area contributed by atoms with Crippen molar-refractivity contribution in [3.05, 3.63) is 339 Å². The summed E-state index contributed by atoms with van der Waals surface area (Å²) in [6, 6.07) is 120. The standard InChI is InChI=1S/C47H30O.C44H28O/c1-29-22-24-30(25-23-29)44-35-16-6-8-18-37(35)45(38-19-9-7-17-36(38)44)41-27-26-39(47-46(41)40-20-10-11-21-43(40)48-47)42-28-31-12-2-3-13-32(31)33-14-4-5-15-34(33)42;1-3-14-29(15-4-1)31-18-13-19-32(28-31)41-34-20-7-9-22-36(34)42(37-23-10-8-21-35(37)41)39-27-26-33(30-16-5-2-6-17-30)44-43(39)38-24-11-12-25-40(38)45-44/h2-28H,1H3;1-28H. The Morgan fingerprint density at radius 1 is 0.194 bits per heavy atom. The molecule has 0 amide bonds. The second kappa shape index (κ2) is 22.1. The fraction of sp³-hybridized carbons (Fsp3) is 0.0110. The molecule has 0 radical (unpaired) electrons. The van der Waals surface area contributed by atoms with Crippen LogP contribution in [0.2, 0.25) is 0 Å². The van der Waals surface area contributed by atoms with Gasteiger partial charge in [-0.15, -0.1) is 0 Å². The molecule has 2 nitrogen and oxygen atoms in total. The van der Waals surface area contributed by atoms with Gasteiger partial charge in [-0.1, -0.05) is 303 Å². The third-order valence-electron chi connectivity index (χ3n) is 19.2. The van der Waals surface area contributed by atoms with Gasteiger partial charge in [0.25, 0.3) is 0 Å². The molecule has 2 heterocycles. The Morgan fingerprint density at radius 3 is 1.09 bits per heavy atom. The number of furan rings is 2. The zero-order chi connectivity index (χ0) is 61.5. The molecule has 0 aliphatic rings. The molecular formula is C91H58O2. The molecule has 0 aliphatic carbocycles. The monoisotopic (exact) mass is 1180 g/mol. The third kappa shape index (κ3) is 8.86. The molecule has 17 aromatic carbocycles. The van der Waals surface area contributed by atoms with Crippen LogP contribution in [0, 0.1) is 6.92 Å². The fourth-order valence-electron chi connectivity index (χ4n) is 15.1. The highest BCUT2D eigenvalue weighted by molar-refractivity contribution is 6.29. The van der Waals surface area contributed by atoms with E-state index in [0.29, 0.717) is 0 Å². The second-order valence-corrected chi connectivity index (χ2v) is 24.5. The van der Waals surface area contributed by atoms with Gasteiger partial charge in [0.05, 0.1) is 0 Å². The number of fused-ring (bicyclic) bond motifs is 13. The molecule has 19 aromatic rings. The third-order valence-corrected chi connectivity index (χ3v) is 19.2. The Labute approximate surface area is 538 Å². The zero-order valence-corrected chi connectivity index (χ0v) is 51.1. The summed E-state index contributed by atoms with van der Waals surface area (Å²) in [5.41, 5.74) is 21.7. The highest BCUT2D eigenvalue weighted by atomic mass is 16.3. The molecule has 0 saturated heterocycles. The van der Waals surface area contributed by atoms with Gasteiger partial charge in [0, 0.05) is 32.7 Å². The minimum absolute atomic E-state index is 0.899. The van der Waals surface area contributed by atoms with Crippen LogP contribution in [-0.4, -0.2) is 0 Å². The van der Waals surface area contributed by atoms with Gasteiger partial charge in [-0.05, 0) is 175 Å². The van der Waals surface area contributed by atoms with E-state index in [-0.39, 0.29) is 0 Å². The SMILES string of the molecule is Cc1ccc(-c2c3ccccc3c(-c3ccc(-c4cc5ccccc5c5ccccc45)c4oc5ccccc5c34)c3ccccc23)cc1.c1ccc(-c2cccc(-c3c4ccccc4c(-c4ccc(-c5ccccc5)c5oc6ccccc6c45)c4ccccc34)c2)cc1. The van der Waals surface area contributed by atoms with Crippen molar-refractivity contribution in [2.24, 2.45) is 0 Å². The first-order valence-corrected chi connectivity index (χ1v) is 32.0. The van der Waals surface area contributed by atoms with E-state index in [4.69, 9.17) is 8.83 Å². The van der Waals surface area contributed by atoms with Gasteiger partial charge < -0.3 is 8.83 Å². The summed E-state index contributed by atoms with van der Waals surface area (Å²) >= 11 is 0. The summed E-state index contributed by atoms with van der Waals surface area (Å²) in [5.74, 6) is 0. The minimum Gasteiger partial charge on any atom is -0.455 e. The molecule has 434 valence electrons. The van der Waals surface area contributed by atoms with Gasteiger partial charge in [-0.3, -0.25) is 0 Å². The van der Waals surface area contributed by atoms with Crippen LogP contribution >= 0.6 is 0 Å². The summed E-state index contributed by atoms with van der Waals surface area (Å²) in [4.78, 5) is 0. The largest absolute Gasteiger partial charge is 0.455 e. The zero-order valence-electron chi connectivity index (χ0n) is 51.1. The predicted molar refractivity (Wildman–Crippen MR) is 395 cm³/mol. The van der Waals surface area contributed by atoms with E-state index in [9.17, 15) is 0 Å². The molecular weight excluding hydrogens is 1120 g/mol. The molecule has 0 unspecified atom stereocenters. The van der Waals surface area contributed by atoms with E-state index in [2.05, 4.69) is 341 Å². The van der Waals surface area contributed by atoms with Crippen LogP contribution in [0.1, 0.15) is 5.56 Å². The van der Waals surface area contributed by atoms with Crippen molar-refractivity contribution in [2.45, 2.75) is 6.92 Å². The van der Waals surface area contributed by atoms with Crippen molar-refractivity contribution in [1.29, 1.82) is 0 Å². The van der Waals surface area contributed by atoms with Crippen LogP contribution in [0.4, 0.5) is 0 Å². The Morgan fingerprint density at radius 2 is 0.559 bits per heavy atom. The Bertz CT molecular complexity index is 6050. The Hall–Kier alpha value is -12.1. The van der Waals surface area contributed by atoms with Crippen molar-refractivity contribution in [1.82, 2.24) is 0 Å². The van der Waals surface area contributed by atoms with Gasteiger partial charge in [0.2, 0.25) is 0 Å². The van der Waals surface area contributed by atoms with E-state index >= 15 is 0 Å². The van der Waals surface area contributed by atoms with Crippen molar-refractivity contribution in [3.63, 3.8) is 0 Å². The summed E-state index contributed by atoms with van der Waals surface area (Å²) in [6.07, 6.45) is 0. The first-order chi connectivity index (χ1) is 46.1. The molecule has 19 rings (SSSR count). The summed E-state index contributed by atoms with van der Waals surface area (Å²) in [5, 5.41) is 19.5. The van der Waals surface area contributed by atoms with Crippen molar-refractivity contribution in [2.75, 3.05) is 0 Å². The minimum atomic E-state index is 0.899. The predicted octanol–water partition coefficient (Wildman–Crippen LogP) is 26.1. The molecule has 0 N–H and O–H groups in total. The number of rotatable bonds is 7. The van der Waals surface area contributed by atoms with Crippen LogP contribution < -0.4 is 0 Å². The molecule has 0 fully saturated rings. The lowest BCUT2D eigenvalue weighted by atomic mass is 9.84. The van der Waals surface area contributed by atoms with E-state index in [1.807, 2.05) is 0 Å². The first-order valence-electron chi connectivity index (χ1n) is 32.0. The number of aryl methyl sites for hydroxylation is 1. The highest BCUT2D eigenvalue weighted by Crippen LogP contribution is 2.52. The van der Waals surface area contributed by atoms with Gasteiger partial charge in [0.15, 0.2) is 0 Å². The number of para-hydroxylation sites is 2. The van der Waals surface area contributed by atoms with Crippen LogP contribution in [0.25, 0.3) is 186 Å². The number of hydrogen-bond acceptors (Lipinski definition) is 2. The lowest BCUT2D eigenvalue weighted by Crippen LogP contribution is -1.92. The fourth-order valence-corrected chi connectivity index (χ4v) is 15.1. The van der Waals surface area contributed by atoms with Crippen molar-refractivity contribution >= 4 is 109 Å². The Kier molecular flexibility index (Phi) is 12.8. The lowest BCUT2D eigenvalue weighted by molar-refractivity contribution is 0.669. The maximum atomic E-state index is 6.89. The maximum absolute atomic E-state index is 6.89. The van der Waals surface area contributed by atoms with E-state index in [1.54, 1.807) is 0 Å². The van der Waals surface area contributed by atoms with Crippen molar-refractivity contribution < 1.29 is 8.83 Å². The molecule has 93 heavy (non-hydrogen) atoms. The van der Waals surface area contributed by atoms with E-state index < -0.39 is 0 Å². The summed E-state index contributed by atoms with van der Waals surface area (Å²) in [6.45, 7) is 2.15. The topological polar surface area (TPSA) is 26.3 Å². The summed E-state index contributed by atoms with van der Waals surface area (Å²) in [7, 11) is 0. The van der Waals surface area contributed by atoms with Gasteiger partial charge in [-0.25, -0.2) is 0 Å². The number of hydrogen-bond donors (Lipinski definition) is 0. The molecule has 0 atom stereocenters. The maximum Gasteiger partial charge on any atom is 0.143 e. The van der Waals surface area contributed by atoms with Crippen LogP contribution in [0.15, 0.2) is 342 Å². The summed E-state index contributed by atoms with van der Waals surface area (Å²) < 4.78 is 13.6. The first kappa shape index (κ1) is 53.9. The average Bonchev–Trinajstić information content (AvgIpc) is 1.73. The van der Waals surface area contributed by atoms with Crippen LogP contribution in [0.3, 0.4) is 0 Å². The lowest BCUT2D eigenvalue weighted by Gasteiger charge is -2.19. The molecule has 0 bridgehead atoms. The molecule has 2 heteroatoms. The quantitative estimate of drug-likeness (QED) is 0.117. The van der Waals surface area contributed by atoms with Gasteiger partial charge in [0.1, 0.15) is 22.3 Å². The van der Waals surface area contributed by atoms with Gasteiger partial charge >= 0.3 is 0 Å². The van der Waals surface area contributed by atoms with Gasteiger partial charge in [-0.2, -0.15) is 0 Å². The van der Waals surface area contributed by atoms with E-state index in [1.165, 1.54) is 131 Å². The molecule has 0 saturated carbocycles. The molecule has 0 spiro atoms. The average molecular weight is 1180 g/mol. The number of benzene rings is 17. The highest BCUT2D eigenvalue weighted by Gasteiger charge is 2.26. The van der Waals surface area contributed by atoms with Crippen molar-refractivity contribution in [3.8, 4) is 77.9 Å². The van der Waals surface area contributed by atoms with E-state index in [0.717, 1.165) is 60.6 Å². The van der Waals surface area contributed by atoms with Crippen LogP contribution in [0.5, 0.6) is 0 Å². The molecule has 2 aromatic heterocycles. The van der Waals surface area contributed by atoms with Crippen LogP contribution in [-0.2, 0) is 0 Å².